The number of fused-ring (bicyclic) bond motifs is 1. The molecule has 0 amide bonds. The van der Waals surface area contributed by atoms with Gasteiger partial charge in [-0.1, -0.05) is 30.3 Å². The van der Waals surface area contributed by atoms with Gasteiger partial charge in [0.15, 0.2) is 0 Å². The van der Waals surface area contributed by atoms with E-state index in [1.54, 1.807) is 0 Å². The van der Waals surface area contributed by atoms with Crippen LogP contribution in [0.15, 0.2) is 48.5 Å². The molecule has 3 rings (SSSR count). The maximum absolute atomic E-state index is 8.22. The van der Waals surface area contributed by atoms with E-state index in [9.17, 15) is 0 Å². The summed E-state index contributed by atoms with van der Waals surface area (Å²) in [6.45, 7) is 3.25. The van der Waals surface area contributed by atoms with Crippen LogP contribution in [0.5, 0.6) is 5.75 Å². The molecule has 4 nitrogen and oxygen atoms in total. The van der Waals surface area contributed by atoms with Crippen LogP contribution < -0.4 is 10.4 Å². The highest BCUT2D eigenvalue weighted by Gasteiger charge is 2.07. The fourth-order valence-electron chi connectivity index (χ4n) is 2.58. The molecule has 3 aromatic rings. The van der Waals surface area contributed by atoms with Crippen molar-refractivity contribution in [2.24, 2.45) is 7.05 Å². The number of hydrogen-bond donors (Lipinski definition) is 1. The van der Waals surface area contributed by atoms with Crippen molar-refractivity contribution in [3.63, 3.8) is 0 Å². The smallest absolute Gasteiger partial charge is 0.202 e. The zero-order chi connectivity index (χ0) is 14.8. The lowest BCUT2D eigenvalue weighted by Crippen LogP contribution is -2.24. The van der Waals surface area contributed by atoms with Crippen molar-refractivity contribution in [3.8, 4) is 5.75 Å². The van der Waals surface area contributed by atoms with Crippen LogP contribution >= 0.6 is 0 Å². The van der Waals surface area contributed by atoms with Crippen molar-refractivity contribution >= 4 is 11.0 Å². The molecule has 0 aliphatic rings. The number of aryl methyl sites for hydroxylation is 2. The number of nitrogens with one attached hydrogen (secondary N) is 1. The monoisotopic (exact) mass is 281 g/mol. The van der Waals surface area contributed by atoms with Crippen molar-refractivity contribution < 1.29 is 4.74 Å². The van der Waals surface area contributed by atoms with E-state index in [0.29, 0.717) is 18.8 Å². The number of para-hydroxylation sites is 3. The summed E-state index contributed by atoms with van der Waals surface area (Å²) in [5.74, 6) is 0.907. The Morgan fingerprint density at radius 3 is 2.43 bits per heavy atom. The molecule has 0 aliphatic carbocycles. The summed E-state index contributed by atoms with van der Waals surface area (Å²) in [6.07, 6.45) is 0. The van der Waals surface area contributed by atoms with Gasteiger partial charge in [0, 0.05) is 7.05 Å². The van der Waals surface area contributed by atoms with Crippen LogP contribution in [0, 0.1) is 12.3 Å². The van der Waals surface area contributed by atoms with Gasteiger partial charge in [0.2, 0.25) is 5.62 Å². The molecule has 108 valence electrons. The molecular weight excluding hydrogens is 262 g/mol. The molecule has 0 aliphatic heterocycles. The van der Waals surface area contributed by atoms with Crippen LogP contribution in [0.2, 0.25) is 0 Å². The second kappa shape index (κ2) is 5.48. The molecule has 2 aromatic carbocycles. The predicted molar refractivity (Wildman–Crippen MR) is 83.4 cm³/mol. The van der Waals surface area contributed by atoms with Gasteiger partial charge in [-0.2, -0.15) is 0 Å². The Kier molecular flexibility index (Phi) is 3.52. The first-order chi connectivity index (χ1) is 10.2. The fourth-order valence-corrected chi connectivity index (χ4v) is 2.58. The second-order valence-corrected chi connectivity index (χ2v) is 5.14. The summed E-state index contributed by atoms with van der Waals surface area (Å²) in [7, 11) is 1.92. The summed E-state index contributed by atoms with van der Waals surface area (Å²) < 4.78 is 9.71. The van der Waals surface area contributed by atoms with Crippen LogP contribution in [0.3, 0.4) is 0 Å². The SMILES string of the molecule is Cc1ccccc1OCCn1c(=N)n(C)c2ccccc21. The lowest BCUT2D eigenvalue weighted by Gasteiger charge is -2.09. The number of rotatable bonds is 4. The standard InChI is InChI=1S/C17H19N3O/c1-13-7-3-6-10-16(13)21-12-11-20-15-9-5-4-8-14(15)19(2)17(20)18/h3-10,18H,11-12H2,1-2H3. The van der Waals surface area contributed by atoms with E-state index in [1.807, 2.05) is 71.6 Å². The normalized spacial score (nSPS) is 11.0. The highest BCUT2D eigenvalue weighted by molar-refractivity contribution is 5.75. The molecule has 0 radical (unpaired) electrons. The molecule has 0 bridgehead atoms. The zero-order valence-corrected chi connectivity index (χ0v) is 12.3. The minimum atomic E-state index is 0.490. The van der Waals surface area contributed by atoms with Gasteiger partial charge in [0.25, 0.3) is 0 Å². The van der Waals surface area contributed by atoms with E-state index in [-0.39, 0.29) is 0 Å². The molecule has 1 heterocycles. The third-order valence-electron chi connectivity index (χ3n) is 3.77. The number of benzene rings is 2. The lowest BCUT2D eigenvalue weighted by atomic mass is 10.2. The molecule has 0 spiro atoms. The number of nitrogens with zero attached hydrogens (tertiary/aromatic N) is 2. The van der Waals surface area contributed by atoms with E-state index >= 15 is 0 Å². The van der Waals surface area contributed by atoms with E-state index in [2.05, 4.69) is 0 Å². The Hall–Kier alpha value is -2.49. The molecule has 1 N–H and O–H groups in total. The Morgan fingerprint density at radius 2 is 1.67 bits per heavy atom. The van der Waals surface area contributed by atoms with Crippen LogP contribution in [0.25, 0.3) is 11.0 Å². The van der Waals surface area contributed by atoms with Crippen LogP contribution in [-0.4, -0.2) is 15.7 Å². The molecule has 0 saturated carbocycles. The Labute approximate surface area is 123 Å². The van der Waals surface area contributed by atoms with Gasteiger partial charge in [-0.25, -0.2) is 0 Å². The van der Waals surface area contributed by atoms with Gasteiger partial charge in [-0.05, 0) is 30.7 Å². The van der Waals surface area contributed by atoms with Crippen LogP contribution in [0.4, 0.5) is 0 Å². The van der Waals surface area contributed by atoms with Gasteiger partial charge in [-0.15, -0.1) is 0 Å². The first-order valence-corrected chi connectivity index (χ1v) is 7.06. The largest absolute Gasteiger partial charge is 0.491 e. The number of ether oxygens (including phenoxy) is 1. The third-order valence-corrected chi connectivity index (χ3v) is 3.77. The number of imidazole rings is 1. The topological polar surface area (TPSA) is 42.9 Å². The Bertz CT molecular complexity index is 829. The zero-order valence-electron chi connectivity index (χ0n) is 12.3. The maximum atomic E-state index is 8.22. The average molecular weight is 281 g/mol. The lowest BCUT2D eigenvalue weighted by molar-refractivity contribution is 0.295. The Morgan fingerprint density at radius 1 is 1.00 bits per heavy atom. The van der Waals surface area contributed by atoms with Gasteiger partial charge < -0.3 is 13.9 Å². The van der Waals surface area contributed by atoms with Gasteiger partial charge in [0.1, 0.15) is 12.4 Å². The first kappa shape index (κ1) is 13.5. The molecule has 1 aromatic heterocycles. The molecule has 4 heteroatoms. The molecule has 0 fully saturated rings. The van der Waals surface area contributed by atoms with E-state index < -0.39 is 0 Å². The second-order valence-electron chi connectivity index (χ2n) is 5.14. The minimum Gasteiger partial charge on any atom is -0.491 e. The highest BCUT2D eigenvalue weighted by Crippen LogP contribution is 2.16. The molecule has 21 heavy (non-hydrogen) atoms. The Balaban J connectivity index is 1.82. The maximum Gasteiger partial charge on any atom is 0.202 e. The van der Waals surface area contributed by atoms with Crippen LogP contribution in [0.1, 0.15) is 5.56 Å². The quantitative estimate of drug-likeness (QED) is 0.785. The van der Waals surface area contributed by atoms with Gasteiger partial charge in [-0.3, -0.25) is 5.41 Å². The van der Waals surface area contributed by atoms with E-state index in [0.717, 1.165) is 22.3 Å². The summed E-state index contributed by atoms with van der Waals surface area (Å²) in [6, 6.07) is 16.1. The molecule has 0 unspecified atom stereocenters. The van der Waals surface area contributed by atoms with Crippen molar-refractivity contribution in [2.45, 2.75) is 13.5 Å². The fraction of sp³-hybridized carbons (Fsp3) is 0.235. The van der Waals surface area contributed by atoms with Gasteiger partial charge in [0.05, 0.1) is 17.6 Å². The number of hydrogen-bond acceptors (Lipinski definition) is 2. The molecule has 0 atom stereocenters. The molecule has 0 saturated heterocycles. The van der Waals surface area contributed by atoms with Crippen molar-refractivity contribution in [1.29, 1.82) is 5.41 Å². The van der Waals surface area contributed by atoms with E-state index in [1.165, 1.54) is 0 Å². The number of aromatic nitrogens is 2. The average Bonchev–Trinajstić information content (AvgIpc) is 2.74. The minimum absolute atomic E-state index is 0.490. The van der Waals surface area contributed by atoms with E-state index in [4.69, 9.17) is 10.1 Å². The van der Waals surface area contributed by atoms with Crippen LogP contribution in [-0.2, 0) is 13.6 Å². The first-order valence-electron chi connectivity index (χ1n) is 7.06. The predicted octanol–water partition coefficient (Wildman–Crippen LogP) is 2.85. The summed E-state index contributed by atoms with van der Waals surface area (Å²) >= 11 is 0. The van der Waals surface area contributed by atoms with Crippen molar-refractivity contribution in [1.82, 2.24) is 9.13 Å². The molecular formula is C17H19N3O. The highest BCUT2D eigenvalue weighted by atomic mass is 16.5. The van der Waals surface area contributed by atoms with Crippen molar-refractivity contribution in [2.75, 3.05) is 6.61 Å². The summed E-state index contributed by atoms with van der Waals surface area (Å²) in [5, 5.41) is 8.22. The van der Waals surface area contributed by atoms with Crippen molar-refractivity contribution in [3.05, 3.63) is 59.7 Å². The summed E-state index contributed by atoms with van der Waals surface area (Å²) in [5.41, 5.74) is 3.76. The third kappa shape index (κ3) is 2.44. The summed E-state index contributed by atoms with van der Waals surface area (Å²) in [4.78, 5) is 0. The van der Waals surface area contributed by atoms with Gasteiger partial charge >= 0.3 is 0 Å².